The summed E-state index contributed by atoms with van der Waals surface area (Å²) < 4.78 is 10.8. The molecule has 0 unspecified atom stereocenters. The number of methoxy groups -OCH3 is 1. The summed E-state index contributed by atoms with van der Waals surface area (Å²) in [4.78, 5) is 19.1. The molecule has 4 nitrogen and oxygen atoms in total. The first-order chi connectivity index (χ1) is 10.8. The summed E-state index contributed by atoms with van der Waals surface area (Å²) in [6.45, 7) is 0. The van der Waals surface area contributed by atoms with Gasteiger partial charge in [0.25, 0.3) is 0 Å². The lowest BCUT2D eigenvalue weighted by Gasteiger charge is -2.09. The highest BCUT2D eigenvalue weighted by atomic mass is 32.1. The van der Waals surface area contributed by atoms with Crippen LogP contribution in [-0.4, -0.2) is 12.1 Å². The molecule has 0 bridgehead atoms. The molecule has 1 aromatic carbocycles. The average molecular weight is 313 g/mol. The Morgan fingerprint density at radius 3 is 2.91 bits per heavy atom. The monoisotopic (exact) mass is 313 g/mol. The third-order valence-corrected chi connectivity index (χ3v) is 5.27. The van der Waals surface area contributed by atoms with E-state index in [1.165, 1.54) is 11.3 Å². The second-order valence-corrected chi connectivity index (χ2v) is 6.48. The molecule has 2 heterocycles. The smallest absolute Gasteiger partial charge is 0.348 e. The molecule has 0 saturated carbocycles. The normalized spacial score (nSPS) is 14.0. The number of aromatic nitrogens is 1. The number of hydrogen-bond donors (Lipinski definition) is 0. The van der Waals surface area contributed by atoms with Crippen LogP contribution < -0.4 is 10.4 Å². The number of nitrogens with zero attached hydrogens (tertiary/aromatic N) is 1. The van der Waals surface area contributed by atoms with Crippen LogP contribution in [-0.2, 0) is 12.8 Å². The van der Waals surface area contributed by atoms with Gasteiger partial charge in [0.2, 0.25) is 5.89 Å². The molecule has 0 spiro atoms. The fraction of sp³-hybridized carbons (Fsp3) is 0.294. The highest BCUT2D eigenvalue weighted by molar-refractivity contribution is 7.18. The molecule has 2 aromatic heterocycles. The van der Waals surface area contributed by atoms with Crippen molar-refractivity contribution in [2.45, 2.75) is 25.7 Å². The number of rotatable bonds is 2. The lowest BCUT2D eigenvalue weighted by molar-refractivity contribution is 0.413. The van der Waals surface area contributed by atoms with Crippen LogP contribution in [0.15, 0.2) is 33.5 Å². The molecule has 0 amide bonds. The number of aryl methyl sites for hydroxylation is 2. The number of benzene rings is 1. The van der Waals surface area contributed by atoms with E-state index in [0.717, 1.165) is 29.7 Å². The zero-order valence-electron chi connectivity index (χ0n) is 12.2. The molecule has 112 valence electrons. The first kappa shape index (κ1) is 13.5. The van der Waals surface area contributed by atoms with E-state index in [2.05, 4.69) is 4.98 Å². The van der Waals surface area contributed by atoms with Gasteiger partial charge in [-0.2, -0.15) is 0 Å². The van der Waals surface area contributed by atoms with E-state index in [0.29, 0.717) is 22.6 Å². The highest BCUT2D eigenvalue weighted by Crippen LogP contribution is 2.35. The van der Waals surface area contributed by atoms with Crippen molar-refractivity contribution in [3.8, 4) is 17.2 Å². The van der Waals surface area contributed by atoms with Crippen molar-refractivity contribution in [1.29, 1.82) is 0 Å². The maximum Gasteiger partial charge on any atom is 0.348 e. The summed E-state index contributed by atoms with van der Waals surface area (Å²) in [6, 6.07) is 7.44. The number of ether oxygens (including phenoxy) is 1. The second kappa shape index (κ2) is 5.25. The Labute approximate surface area is 131 Å². The summed E-state index contributed by atoms with van der Waals surface area (Å²) >= 11 is 1.62. The van der Waals surface area contributed by atoms with Gasteiger partial charge in [0, 0.05) is 4.88 Å². The minimum Gasteiger partial charge on any atom is -0.496 e. The Bertz CT molecular complexity index is 910. The van der Waals surface area contributed by atoms with Gasteiger partial charge in [0.15, 0.2) is 0 Å². The van der Waals surface area contributed by atoms with E-state index in [4.69, 9.17) is 9.15 Å². The van der Waals surface area contributed by atoms with Crippen molar-refractivity contribution >= 4 is 21.6 Å². The lowest BCUT2D eigenvalue weighted by atomic mass is 9.97. The van der Waals surface area contributed by atoms with Gasteiger partial charge >= 0.3 is 5.63 Å². The average Bonchev–Trinajstić information content (AvgIpc) is 2.93. The molecule has 4 rings (SSSR count). The van der Waals surface area contributed by atoms with E-state index in [1.54, 1.807) is 18.4 Å². The molecular weight excluding hydrogens is 298 g/mol. The quantitative estimate of drug-likeness (QED) is 0.722. The first-order valence-electron chi connectivity index (χ1n) is 7.36. The molecule has 3 aromatic rings. The van der Waals surface area contributed by atoms with Crippen LogP contribution in [0.25, 0.3) is 21.7 Å². The number of fused-ring (bicyclic) bond motifs is 3. The van der Waals surface area contributed by atoms with Crippen molar-refractivity contribution in [2.75, 3.05) is 7.11 Å². The fourth-order valence-corrected chi connectivity index (χ4v) is 4.28. The van der Waals surface area contributed by atoms with Gasteiger partial charge in [0.05, 0.1) is 12.7 Å². The van der Waals surface area contributed by atoms with E-state index >= 15 is 0 Å². The number of para-hydroxylation sites is 1. The summed E-state index contributed by atoms with van der Waals surface area (Å²) in [5, 5.41) is 0.679. The predicted octanol–water partition coefficient (Wildman–Crippen LogP) is 3.80. The van der Waals surface area contributed by atoms with E-state index < -0.39 is 0 Å². The van der Waals surface area contributed by atoms with Crippen LogP contribution in [0.3, 0.4) is 0 Å². The molecule has 1 aliphatic rings. The predicted molar refractivity (Wildman–Crippen MR) is 86.8 cm³/mol. The number of hydrogen-bond acceptors (Lipinski definition) is 5. The Hall–Kier alpha value is -2.14. The second-order valence-electron chi connectivity index (χ2n) is 5.40. The van der Waals surface area contributed by atoms with Crippen molar-refractivity contribution in [3.05, 3.63) is 45.1 Å². The minimum atomic E-state index is -0.287. The molecular formula is C17H15NO3S. The van der Waals surface area contributed by atoms with E-state index in [9.17, 15) is 4.79 Å². The SMILES string of the molecule is COc1ccccc1-c1nc2sc3c(c2c(=O)o1)CCCC3. The zero-order valence-corrected chi connectivity index (χ0v) is 13.0. The van der Waals surface area contributed by atoms with Gasteiger partial charge in [-0.25, -0.2) is 9.78 Å². The summed E-state index contributed by atoms with van der Waals surface area (Å²) in [6.07, 6.45) is 4.31. The first-order valence-corrected chi connectivity index (χ1v) is 8.18. The van der Waals surface area contributed by atoms with Crippen LogP contribution in [0.4, 0.5) is 0 Å². The number of thiophene rings is 1. The van der Waals surface area contributed by atoms with Gasteiger partial charge in [-0.1, -0.05) is 12.1 Å². The Morgan fingerprint density at radius 2 is 2.05 bits per heavy atom. The van der Waals surface area contributed by atoms with Gasteiger partial charge in [0.1, 0.15) is 16.0 Å². The molecule has 0 saturated heterocycles. The molecule has 1 aliphatic carbocycles. The molecule has 0 radical (unpaired) electrons. The van der Waals surface area contributed by atoms with Gasteiger partial charge in [-0.3, -0.25) is 0 Å². The molecule has 0 fully saturated rings. The van der Waals surface area contributed by atoms with Crippen molar-refractivity contribution < 1.29 is 9.15 Å². The topological polar surface area (TPSA) is 52.3 Å². The van der Waals surface area contributed by atoms with Crippen LogP contribution >= 0.6 is 11.3 Å². The van der Waals surface area contributed by atoms with Gasteiger partial charge < -0.3 is 9.15 Å². The lowest BCUT2D eigenvalue weighted by Crippen LogP contribution is -2.06. The molecule has 0 atom stereocenters. The molecule has 0 N–H and O–H groups in total. The third kappa shape index (κ3) is 2.04. The molecule has 5 heteroatoms. The molecule has 0 aliphatic heterocycles. The van der Waals surface area contributed by atoms with Crippen LogP contribution in [0.1, 0.15) is 23.3 Å². The van der Waals surface area contributed by atoms with E-state index in [-0.39, 0.29) is 5.63 Å². The van der Waals surface area contributed by atoms with Crippen LogP contribution in [0.2, 0.25) is 0 Å². The van der Waals surface area contributed by atoms with Crippen LogP contribution in [0.5, 0.6) is 5.75 Å². The maximum absolute atomic E-state index is 12.5. The van der Waals surface area contributed by atoms with E-state index in [1.807, 2.05) is 24.3 Å². The van der Waals surface area contributed by atoms with Crippen molar-refractivity contribution in [1.82, 2.24) is 4.98 Å². The maximum atomic E-state index is 12.5. The molecule has 22 heavy (non-hydrogen) atoms. The fourth-order valence-electron chi connectivity index (χ4n) is 3.03. The van der Waals surface area contributed by atoms with Crippen LogP contribution in [0, 0.1) is 0 Å². The largest absolute Gasteiger partial charge is 0.496 e. The third-order valence-electron chi connectivity index (χ3n) is 4.09. The standard InChI is InChI=1S/C17H15NO3S/c1-20-12-8-4-2-6-10(12)15-18-16-14(17(19)21-15)11-7-3-5-9-13(11)22-16/h2,4,6,8H,3,5,7,9H2,1H3. The summed E-state index contributed by atoms with van der Waals surface area (Å²) in [7, 11) is 1.60. The highest BCUT2D eigenvalue weighted by Gasteiger charge is 2.21. The minimum absolute atomic E-state index is 0.287. The summed E-state index contributed by atoms with van der Waals surface area (Å²) in [5.74, 6) is 0.979. The summed E-state index contributed by atoms with van der Waals surface area (Å²) in [5.41, 5.74) is 1.57. The Balaban J connectivity index is 1.96. The van der Waals surface area contributed by atoms with Gasteiger partial charge in [-0.15, -0.1) is 11.3 Å². The Kier molecular flexibility index (Phi) is 3.22. The Morgan fingerprint density at radius 1 is 1.23 bits per heavy atom. The van der Waals surface area contributed by atoms with Crippen molar-refractivity contribution in [2.24, 2.45) is 0 Å². The zero-order chi connectivity index (χ0) is 15.1. The van der Waals surface area contributed by atoms with Crippen molar-refractivity contribution in [3.63, 3.8) is 0 Å². The van der Waals surface area contributed by atoms with Gasteiger partial charge in [-0.05, 0) is 43.4 Å².